The molecule has 14 heteroatoms. The Labute approximate surface area is 132 Å². The molecule has 0 aliphatic carbocycles. The molecule has 0 saturated carbocycles. The fraction of sp³-hybridized carbons (Fsp3) is 0.333. The molecule has 1 rings (SSSR count). The van der Waals surface area contributed by atoms with Crippen LogP contribution in [0.15, 0.2) is 21.9 Å². The van der Waals surface area contributed by atoms with E-state index in [0.717, 1.165) is 13.2 Å². The normalized spacial score (nSPS) is 13.0. The van der Waals surface area contributed by atoms with Gasteiger partial charge in [-0.25, -0.2) is 12.6 Å². The lowest BCUT2D eigenvalue weighted by Gasteiger charge is -2.12. The zero-order chi connectivity index (χ0) is 18.1. The first-order valence-electron chi connectivity index (χ1n) is 5.57. The molecule has 0 heterocycles. The minimum Gasteiger partial charge on any atom is -0.493 e. The average Bonchev–Trinajstić information content (AvgIpc) is 2.34. The number of rotatable bonds is 7. The molecule has 1 aromatic rings. The molecular formula is C9H13NO10S3. The van der Waals surface area contributed by atoms with Crippen molar-refractivity contribution in [2.75, 3.05) is 25.2 Å². The van der Waals surface area contributed by atoms with E-state index >= 15 is 0 Å². The van der Waals surface area contributed by atoms with Gasteiger partial charge in [-0.3, -0.25) is 9.11 Å². The Morgan fingerprint density at radius 2 is 1.65 bits per heavy atom. The highest BCUT2D eigenvalue weighted by Gasteiger charge is 2.25. The van der Waals surface area contributed by atoms with Crippen LogP contribution >= 0.6 is 0 Å². The Morgan fingerprint density at radius 1 is 1.09 bits per heavy atom. The molecule has 0 aliphatic heterocycles. The predicted octanol–water partition coefficient (Wildman–Crippen LogP) is -0.883. The van der Waals surface area contributed by atoms with Gasteiger partial charge in [0.25, 0.3) is 10.1 Å². The van der Waals surface area contributed by atoms with Crippen molar-refractivity contribution in [2.45, 2.75) is 9.79 Å². The molecule has 1 aromatic carbocycles. The molecule has 0 saturated heterocycles. The molecule has 0 radical (unpaired) electrons. The number of anilines is 1. The highest BCUT2D eigenvalue weighted by Crippen LogP contribution is 2.33. The second-order valence-corrected chi connectivity index (χ2v) is 8.68. The Kier molecular flexibility index (Phi) is 5.61. The summed E-state index contributed by atoms with van der Waals surface area (Å²) in [6, 6.07) is 1.48. The van der Waals surface area contributed by atoms with E-state index in [1.807, 2.05) is 0 Å². The maximum atomic E-state index is 12.0. The van der Waals surface area contributed by atoms with Gasteiger partial charge in [0, 0.05) is 0 Å². The van der Waals surface area contributed by atoms with Crippen LogP contribution < -0.4 is 10.5 Å². The number of methoxy groups -OCH3 is 1. The summed E-state index contributed by atoms with van der Waals surface area (Å²) in [7, 11) is -12.8. The van der Waals surface area contributed by atoms with Crippen LogP contribution in [0.4, 0.5) is 5.69 Å². The lowest BCUT2D eigenvalue weighted by Crippen LogP contribution is -2.16. The van der Waals surface area contributed by atoms with E-state index in [1.54, 1.807) is 0 Å². The number of hydrogen-bond acceptors (Lipinski definition) is 9. The highest BCUT2D eigenvalue weighted by molar-refractivity contribution is 7.91. The molecule has 0 aromatic heterocycles. The number of benzene rings is 1. The van der Waals surface area contributed by atoms with Crippen molar-refractivity contribution in [1.82, 2.24) is 0 Å². The summed E-state index contributed by atoms with van der Waals surface area (Å²) in [5.41, 5.74) is 5.11. The average molecular weight is 391 g/mol. The zero-order valence-electron chi connectivity index (χ0n) is 11.5. The van der Waals surface area contributed by atoms with Crippen LogP contribution in [0.25, 0.3) is 0 Å². The van der Waals surface area contributed by atoms with Crippen molar-refractivity contribution in [3.63, 3.8) is 0 Å². The SMILES string of the molecule is COc1c(N)cc(S(=O)(=O)CCOS(=O)(=O)O)cc1S(=O)(=O)O. The monoisotopic (exact) mass is 391 g/mol. The van der Waals surface area contributed by atoms with E-state index in [2.05, 4.69) is 4.18 Å². The summed E-state index contributed by atoms with van der Waals surface area (Å²) in [6.07, 6.45) is 0. The zero-order valence-corrected chi connectivity index (χ0v) is 14.0. The lowest BCUT2D eigenvalue weighted by molar-refractivity contribution is 0.284. The van der Waals surface area contributed by atoms with E-state index in [0.29, 0.717) is 6.07 Å². The maximum absolute atomic E-state index is 12.0. The number of nitrogen functional groups attached to an aromatic ring is 1. The Balaban J connectivity index is 3.30. The lowest BCUT2D eigenvalue weighted by atomic mass is 10.3. The molecular weight excluding hydrogens is 378 g/mol. The van der Waals surface area contributed by atoms with Gasteiger partial charge in [-0.15, -0.1) is 0 Å². The van der Waals surface area contributed by atoms with E-state index in [1.165, 1.54) is 0 Å². The van der Waals surface area contributed by atoms with Crippen molar-refractivity contribution in [1.29, 1.82) is 0 Å². The van der Waals surface area contributed by atoms with Crippen LogP contribution in [-0.4, -0.2) is 53.8 Å². The Hall–Kier alpha value is -1.45. The van der Waals surface area contributed by atoms with Gasteiger partial charge in [-0.05, 0) is 12.1 Å². The van der Waals surface area contributed by atoms with E-state index in [-0.39, 0.29) is 5.69 Å². The minimum absolute atomic E-state index is 0.378. The van der Waals surface area contributed by atoms with Gasteiger partial charge in [-0.2, -0.15) is 16.8 Å². The summed E-state index contributed by atoms with van der Waals surface area (Å²) in [5, 5.41) is 0. The third kappa shape index (κ3) is 5.29. The first-order valence-corrected chi connectivity index (χ1v) is 10.0. The molecule has 0 unspecified atom stereocenters. The third-order valence-electron chi connectivity index (χ3n) is 2.48. The number of nitrogens with two attached hydrogens (primary N) is 1. The number of sulfone groups is 1. The quantitative estimate of drug-likeness (QED) is 0.386. The van der Waals surface area contributed by atoms with Gasteiger partial charge in [-0.1, -0.05) is 0 Å². The molecule has 11 nitrogen and oxygen atoms in total. The summed E-state index contributed by atoms with van der Waals surface area (Å²) >= 11 is 0. The van der Waals surface area contributed by atoms with Gasteiger partial charge < -0.3 is 10.5 Å². The smallest absolute Gasteiger partial charge is 0.397 e. The number of ether oxygens (including phenoxy) is 1. The summed E-state index contributed by atoms with van der Waals surface area (Å²) in [4.78, 5) is -1.48. The Bertz CT molecular complexity index is 901. The number of hydrogen-bond donors (Lipinski definition) is 3. The molecule has 0 bridgehead atoms. The molecule has 0 spiro atoms. The van der Waals surface area contributed by atoms with E-state index in [9.17, 15) is 25.3 Å². The van der Waals surface area contributed by atoms with Crippen molar-refractivity contribution in [2.24, 2.45) is 0 Å². The van der Waals surface area contributed by atoms with Crippen molar-refractivity contribution < 1.29 is 43.3 Å². The maximum Gasteiger partial charge on any atom is 0.397 e. The topological polar surface area (TPSA) is 187 Å². The summed E-state index contributed by atoms with van der Waals surface area (Å²) in [6.45, 7) is -0.908. The van der Waals surface area contributed by atoms with Crippen LogP contribution in [0.3, 0.4) is 0 Å². The summed E-state index contributed by atoms with van der Waals surface area (Å²) < 4.78 is 93.4. The summed E-state index contributed by atoms with van der Waals surface area (Å²) in [5.74, 6) is -1.34. The van der Waals surface area contributed by atoms with Crippen LogP contribution in [0, 0.1) is 0 Å². The van der Waals surface area contributed by atoms with Gasteiger partial charge in [0.1, 0.15) is 4.90 Å². The first kappa shape index (κ1) is 19.6. The second-order valence-electron chi connectivity index (χ2n) is 4.09. The van der Waals surface area contributed by atoms with Gasteiger partial charge >= 0.3 is 10.4 Å². The van der Waals surface area contributed by atoms with Gasteiger partial charge in [0.2, 0.25) is 0 Å². The molecule has 0 amide bonds. The fourth-order valence-electron chi connectivity index (χ4n) is 1.55. The van der Waals surface area contributed by atoms with Crippen LogP contribution in [-0.2, 0) is 34.5 Å². The predicted molar refractivity (Wildman–Crippen MR) is 76.8 cm³/mol. The fourth-order valence-corrected chi connectivity index (χ4v) is 3.88. The van der Waals surface area contributed by atoms with Crippen LogP contribution in [0.1, 0.15) is 0 Å². The van der Waals surface area contributed by atoms with Crippen LogP contribution in [0.2, 0.25) is 0 Å². The standard InChI is InChI=1S/C9H13NO10S3/c1-19-9-7(10)4-6(5-8(9)22(13,14)15)21(11,12)3-2-20-23(16,17)18/h4-5H,2-3,10H2,1H3,(H,13,14,15)(H,16,17,18). The minimum atomic E-state index is -4.83. The Morgan fingerprint density at radius 3 is 2.09 bits per heavy atom. The molecule has 0 atom stereocenters. The van der Waals surface area contributed by atoms with E-state index < -0.39 is 58.3 Å². The van der Waals surface area contributed by atoms with Gasteiger partial charge in [0.15, 0.2) is 15.6 Å². The molecule has 132 valence electrons. The molecule has 4 N–H and O–H groups in total. The molecule has 0 aliphatic rings. The second kappa shape index (κ2) is 6.58. The van der Waals surface area contributed by atoms with Gasteiger partial charge in [0.05, 0.1) is 30.1 Å². The third-order valence-corrected chi connectivity index (χ3v) is 5.46. The largest absolute Gasteiger partial charge is 0.493 e. The highest BCUT2D eigenvalue weighted by atomic mass is 32.3. The first-order chi connectivity index (χ1) is 10.3. The van der Waals surface area contributed by atoms with Crippen LogP contribution in [0.5, 0.6) is 5.75 Å². The van der Waals surface area contributed by atoms with Crippen molar-refractivity contribution in [3.8, 4) is 5.75 Å². The molecule has 23 heavy (non-hydrogen) atoms. The molecule has 0 fully saturated rings. The van der Waals surface area contributed by atoms with Crippen molar-refractivity contribution in [3.05, 3.63) is 12.1 Å². The van der Waals surface area contributed by atoms with E-state index in [4.69, 9.17) is 19.6 Å². The van der Waals surface area contributed by atoms with Crippen molar-refractivity contribution >= 4 is 36.0 Å².